The minimum Gasteiger partial charge on any atom is -0.496 e. The lowest BCUT2D eigenvalue weighted by molar-refractivity contribution is 0.415. The Labute approximate surface area is 131 Å². The second kappa shape index (κ2) is 6.02. The molecule has 3 aromatic rings. The zero-order valence-corrected chi connectivity index (χ0v) is 13.1. The number of methoxy groups -OCH3 is 1. The van der Waals surface area contributed by atoms with Crippen molar-refractivity contribution in [3.05, 3.63) is 71.3 Å². The van der Waals surface area contributed by atoms with E-state index >= 15 is 0 Å². The lowest BCUT2D eigenvalue weighted by atomic mass is 10.0. The molecule has 0 unspecified atom stereocenters. The van der Waals surface area contributed by atoms with Gasteiger partial charge in [0.05, 0.1) is 12.8 Å². The Morgan fingerprint density at radius 3 is 2.59 bits per heavy atom. The quantitative estimate of drug-likeness (QED) is 0.606. The smallest absolute Gasteiger partial charge is 0.128 e. The van der Waals surface area contributed by atoms with Gasteiger partial charge in [0.15, 0.2) is 0 Å². The van der Waals surface area contributed by atoms with E-state index in [-0.39, 0.29) is 0 Å². The Morgan fingerprint density at radius 1 is 0.955 bits per heavy atom. The molecule has 0 heterocycles. The van der Waals surface area contributed by atoms with Crippen LogP contribution < -0.4 is 4.74 Å². The topological polar surface area (TPSA) is 21.6 Å². The summed E-state index contributed by atoms with van der Waals surface area (Å²) in [5, 5.41) is 2.33. The minimum atomic E-state index is 0.841. The average molecular weight is 289 g/mol. The fraction of sp³-hybridized carbons (Fsp3) is 0.150. The SMILES string of the molecule is COc1ccc2ccccc2c1/C=N/c1cc(C)ccc1C. The van der Waals surface area contributed by atoms with Crippen molar-refractivity contribution in [3.63, 3.8) is 0 Å². The summed E-state index contributed by atoms with van der Waals surface area (Å²) in [5.41, 5.74) is 4.39. The zero-order valence-electron chi connectivity index (χ0n) is 13.1. The largest absolute Gasteiger partial charge is 0.496 e. The maximum Gasteiger partial charge on any atom is 0.128 e. The van der Waals surface area contributed by atoms with E-state index in [1.165, 1.54) is 16.5 Å². The highest BCUT2D eigenvalue weighted by Gasteiger charge is 2.06. The van der Waals surface area contributed by atoms with Crippen LogP contribution in [-0.2, 0) is 0 Å². The molecule has 2 nitrogen and oxygen atoms in total. The molecule has 0 saturated heterocycles. The molecule has 2 heteroatoms. The Hall–Kier alpha value is -2.61. The van der Waals surface area contributed by atoms with Crippen LogP contribution in [0.4, 0.5) is 5.69 Å². The first-order valence-corrected chi connectivity index (χ1v) is 7.36. The first-order valence-electron chi connectivity index (χ1n) is 7.36. The van der Waals surface area contributed by atoms with Crippen LogP contribution in [0.2, 0.25) is 0 Å². The third-order valence-corrected chi connectivity index (χ3v) is 3.85. The molecule has 0 aliphatic rings. The van der Waals surface area contributed by atoms with Crippen molar-refractivity contribution in [1.82, 2.24) is 0 Å². The van der Waals surface area contributed by atoms with Crippen LogP contribution in [0.25, 0.3) is 10.8 Å². The molecular formula is C20H19NO. The molecule has 0 amide bonds. The van der Waals surface area contributed by atoms with Gasteiger partial charge in [0.2, 0.25) is 0 Å². The van der Waals surface area contributed by atoms with Crippen LogP contribution in [0.15, 0.2) is 59.6 Å². The number of aryl methyl sites for hydroxylation is 2. The fourth-order valence-electron chi connectivity index (χ4n) is 2.58. The van der Waals surface area contributed by atoms with E-state index in [0.29, 0.717) is 0 Å². The Morgan fingerprint density at radius 2 is 1.77 bits per heavy atom. The molecule has 0 fully saturated rings. The molecule has 0 atom stereocenters. The third-order valence-electron chi connectivity index (χ3n) is 3.85. The Kier molecular flexibility index (Phi) is 3.92. The van der Waals surface area contributed by atoms with Crippen molar-refractivity contribution in [3.8, 4) is 5.75 Å². The van der Waals surface area contributed by atoms with Crippen LogP contribution in [0.5, 0.6) is 5.75 Å². The third kappa shape index (κ3) is 2.73. The molecule has 0 radical (unpaired) electrons. The summed E-state index contributed by atoms with van der Waals surface area (Å²) in [6.45, 7) is 4.16. The molecule has 0 aliphatic heterocycles. The molecule has 0 aromatic heterocycles. The number of benzene rings is 3. The summed E-state index contributed by atoms with van der Waals surface area (Å²) in [4.78, 5) is 4.69. The lowest BCUT2D eigenvalue weighted by Crippen LogP contribution is -1.92. The number of ether oxygens (including phenoxy) is 1. The van der Waals surface area contributed by atoms with Crippen LogP contribution >= 0.6 is 0 Å². The molecule has 0 bridgehead atoms. The van der Waals surface area contributed by atoms with E-state index in [4.69, 9.17) is 9.73 Å². The number of aliphatic imine (C=N–C) groups is 1. The minimum absolute atomic E-state index is 0.841. The standard InChI is InChI=1S/C20H19NO/c1-14-8-9-15(2)19(12-14)21-13-18-17-7-5-4-6-16(17)10-11-20(18)22-3/h4-13H,1-3H3/b21-13+. The van der Waals surface area contributed by atoms with E-state index in [9.17, 15) is 0 Å². The van der Waals surface area contributed by atoms with Gasteiger partial charge in [-0.05, 0) is 47.9 Å². The van der Waals surface area contributed by atoms with E-state index in [1.54, 1.807) is 7.11 Å². The summed E-state index contributed by atoms with van der Waals surface area (Å²) in [6.07, 6.45) is 1.91. The number of hydrogen-bond acceptors (Lipinski definition) is 2. The van der Waals surface area contributed by atoms with Gasteiger partial charge in [0.25, 0.3) is 0 Å². The highest BCUT2D eigenvalue weighted by Crippen LogP contribution is 2.27. The van der Waals surface area contributed by atoms with Gasteiger partial charge in [-0.15, -0.1) is 0 Å². The van der Waals surface area contributed by atoms with Gasteiger partial charge in [-0.1, -0.05) is 42.5 Å². The van der Waals surface area contributed by atoms with E-state index in [0.717, 1.165) is 22.4 Å². The number of rotatable bonds is 3. The summed E-state index contributed by atoms with van der Waals surface area (Å²) < 4.78 is 5.50. The fourth-order valence-corrected chi connectivity index (χ4v) is 2.58. The van der Waals surface area contributed by atoms with Crippen molar-refractivity contribution in [1.29, 1.82) is 0 Å². The van der Waals surface area contributed by atoms with Gasteiger partial charge < -0.3 is 4.74 Å². The number of fused-ring (bicyclic) bond motifs is 1. The molecule has 22 heavy (non-hydrogen) atoms. The maximum absolute atomic E-state index is 5.50. The predicted octanol–water partition coefficient (Wildman–Crippen LogP) is 5.22. The van der Waals surface area contributed by atoms with E-state index < -0.39 is 0 Å². The highest BCUT2D eigenvalue weighted by molar-refractivity contribution is 6.03. The van der Waals surface area contributed by atoms with Gasteiger partial charge in [-0.2, -0.15) is 0 Å². The summed E-state index contributed by atoms with van der Waals surface area (Å²) in [5.74, 6) is 0.841. The second-order valence-corrected chi connectivity index (χ2v) is 5.45. The lowest BCUT2D eigenvalue weighted by Gasteiger charge is -2.09. The summed E-state index contributed by atoms with van der Waals surface area (Å²) in [6, 6.07) is 18.7. The monoisotopic (exact) mass is 289 g/mol. The first-order chi connectivity index (χ1) is 10.7. The molecule has 0 N–H and O–H groups in total. The van der Waals surface area contributed by atoms with Crippen molar-refractivity contribution < 1.29 is 4.74 Å². The molecule has 3 rings (SSSR count). The molecule has 0 aliphatic carbocycles. The highest BCUT2D eigenvalue weighted by atomic mass is 16.5. The predicted molar refractivity (Wildman–Crippen MR) is 93.7 cm³/mol. The summed E-state index contributed by atoms with van der Waals surface area (Å²) >= 11 is 0. The van der Waals surface area contributed by atoms with Crippen molar-refractivity contribution >= 4 is 22.7 Å². The van der Waals surface area contributed by atoms with Crippen LogP contribution in [-0.4, -0.2) is 13.3 Å². The molecular weight excluding hydrogens is 270 g/mol. The van der Waals surface area contributed by atoms with Gasteiger partial charge in [0.1, 0.15) is 5.75 Å². The van der Waals surface area contributed by atoms with Crippen molar-refractivity contribution in [2.75, 3.05) is 7.11 Å². The number of nitrogens with zero attached hydrogens (tertiary/aromatic N) is 1. The number of hydrogen-bond donors (Lipinski definition) is 0. The van der Waals surface area contributed by atoms with Crippen molar-refractivity contribution in [2.45, 2.75) is 13.8 Å². The van der Waals surface area contributed by atoms with E-state index in [1.807, 2.05) is 24.4 Å². The Balaban J connectivity index is 2.13. The summed E-state index contributed by atoms with van der Waals surface area (Å²) in [7, 11) is 1.69. The van der Waals surface area contributed by atoms with Crippen molar-refractivity contribution in [2.24, 2.45) is 4.99 Å². The van der Waals surface area contributed by atoms with Gasteiger partial charge in [-0.25, -0.2) is 0 Å². The van der Waals surface area contributed by atoms with Gasteiger partial charge in [-0.3, -0.25) is 4.99 Å². The molecule has 0 saturated carbocycles. The molecule has 0 spiro atoms. The Bertz CT molecular complexity index is 849. The molecule has 3 aromatic carbocycles. The van der Waals surface area contributed by atoms with Gasteiger partial charge >= 0.3 is 0 Å². The average Bonchev–Trinajstić information content (AvgIpc) is 2.55. The maximum atomic E-state index is 5.50. The van der Waals surface area contributed by atoms with Gasteiger partial charge in [0, 0.05) is 11.8 Å². The van der Waals surface area contributed by atoms with E-state index in [2.05, 4.69) is 50.2 Å². The van der Waals surface area contributed by atoms with Crippen LogP contribution in [0, 0.1) is 13.8 Å². The first kappa shape index (κ1) is 14.3. The second-order valence-electron chi connectivity index (χ2n) is 5.45. The molecule has 110 valence electrons. The van der Waals surface area contributed by atoms with Crippen LogP contribution in [0.3, 0.4) is 0 Å². The zero-order chi connectivity index (χ0) is 15.5. The van der Waals surface area contributed by atoms with Crippen LogP contribution in [0.1, 0.15) is 16.7 Å². The normalized spacial score (nSPS) is 11.2.